The first-order valence-corrected chi connectivity index (χ1v) is 11.3. The summed E-state index contributed by atoms with van der Waals surface area (Å²) in [7, 11) is 0. The SMILES string of the molecule is CCCCOc1ccc(NC(=O)N2CCCC(c3nnc(-c4ccsc4)o3)C2)cc1. The van der Waals surface area contributed by atoms with Crippen molar-refractivity contribution < 1.29 is 13.9 Å². The fraction of sp³-hybridized carbons (Fsp3) is 0.409. The van der Waals surface area contributed by atoms with Gasteiger partial charge in [-0.15, -0.1) is 10.2 Å². The lowest BCUT2D eigenvalue weighted by atomic mass is 9.98. The fourth-order valence-corrected chi connectivity index (χ4v) is 4.07. The Morgan fingerprint density at radius 1 is 1.30 bits per heavy atom. The molecule has 1 aromatic carbocycles. The van der Waals surface area contributed by atoms with Crippen LogP contribution in [0.1, 0.15) is 44.4 Å². The van der Waals surface area contributed by atoms with Crippen LogP contribution < -0.4 is 10.1 Å². The molecule has 4 rings (SSSR count). The normalized spacial score (nSPS) is 16.4. The Morgan fingerprint density at radius 3 is 2.93 bits per heavy atom. The first kappa shape index (κ1) is 20.4. The van der Waals surface area contributed by atoms with Crippen molar-refractivity contribution in [2.45, 2.75) is 38.5 Å². The zero-order chi connectivity index (χ0) is 20.8. The number of hydrogen-bond acceptors (Lipinski definition) is 6. The van der Waals surface area contributed by atoms with Crippen LogP contribution in [-0.2, 0) is 0 Å². The van der Waals surface area contributed by atoms with Gasteiger partial charge in [0, 0.05) is 29.7 Å². The highest BCUT2D eigenvalue weighted by Crippen LogP contribution is 2.29. The molecule has 7 nitrogen and oxygen atoms in total. The number of rotatable bonds is 7. The predicted molar refractivity (Wildman–Crippen MR) is 117 cm³/mol. The van der Waals surface area contributed by atoms with Crippen molar-refractivity contribution in [1.82, 2.24) is 15.1 Å². The summed E-state index contributed by atoms with van der Waals surface area (Å²) in [5.74, 6) is 2.01. The topological polar surface area (TPSA) is 80.5 Å². The minimum atomic E-state index is -0.114. The second kappa shape index (κ2) is 9.75. The number of amides is 2. The molecule has 1 atom stereocenters. The number of thiophene rings is 1. The lowest BCUT2D eigenvalue weighted by molar-refractivity contribution is 0.187. The number of aromatic nitrogens is 2. The van der Waals surface area contributed by atoms with E-state index in [1.807, 2.05) is 46.0 Å². The molecule has 0 spiro atoms. The van der Waals surface area contributed by atoms with E-state index in [-0.39, 0.29) is 11.9 Å². The Bertz CT molecular complexity index is 940. The van der Waals surface area contributed by atoms with Gasteiger partial charge in [0.2, 0.25) is 11.8 Å². The highest BCUT2D eigenvalue weighted by molar-refractivity contribution is 7.08. The third-order valence-corrected chi connectivity index (χ3v) is 5.82. The van der Waals surface area contributed by atoms with Crippen LogP contribution in [0.25, 0.3) is 11.5 Å². The van der Waals surface area contributed by atoms with E-state index in [1.54, 1.807) is 11.3 Å². The largest absolute Gasteiger partial charge is 0.494 e. The Hall–Kier alpha value is -2.87. The van der Waals surface area contributed by atoms with Gasteiger partial charge in [-0.25, -0.2) is 4.79 Å². The van der Waals surface area contributed by atoms with E-state index in [1.165, 1.54) is 0 Å². The summed E-state index contributed by atoms with van der Waals surface area (Å²) in [4.78, 5) is 14.6. The van der Waals surface area contributed by atoms with Crippen molar-refractivity contribution in [3.8, 4) is 17.2 Å². The molecule has 1 aliphatic heterocycles. The monoisotopic (exact) mass is 426 g/mol. The molecule has 1 unspecified atom stereocenters. The summed E-state index contributed by atoms with van der Waals surface area (Å²) < 4.78 is 11.5. The number of carbonyl (C=O) groups excluding carboxylic acids is 1. The van der Waals surface area contributed by atoms with Crippen LogP contribution in [0.5, 0.6) is 5.75 Å². The van der Waals surface area contributed by atoms with Crippen LogP contribution in [0.4, 0.5) is 10.5 Å². The van der Waals surface area contributed by atoms with Crippen LogP contribution in [0, 0.1) is 0 Å². The number of urea groups is 1. The van der Waals surface area contributed by atoms with E-state index < -0.39 is 0 Å². The Labute approximate surface area is 180 Å². The van der Waals surface area contributed by atoms with Crippen molar-refractivity contribution in [2.24, 2.45) is 0 Å². The standard InChI is InChI=1S/C22H26N4O3S/c1-2-3-12-28-19-8-6-18(7-9-19)23-22(27)26-11-4-5-16(14-26)20-24-25-21(29-20)17-10-13-30-15-17/h6-10,13,15-16H,2-5,11-12,14H2,1H3,(H,23,27). The number of hydrogen-bond donors (Lipinski definition) is 1. The molecule has 0 bridgehead atoms. The fourth-order valence-electron chi connectivity index (χ4n) is 3.44. The highest BCUT2D eigenvalue weighted by atomic mass is 32.1. The van der Waals surface area contributed by atoms with E-state index in [0.717, 1.165) is 42.7 Å². The number of nitrogens with one attached hydrogen (secondary N) is 1. The average molecular weight is 427 g/mol. The van der Waals surface area contributed by atoms with Gasteiger partial charge in [-0.1, -0.05) is 13.3 Å². The molecule has 0 saturated carbocycles. The molecule has 1 aliphatic rings. The van der Waals surface area contributed by atoms with Gasteiger partial charge in [0.05, 0.1) is 12.5 Å². The molecule has 1 N–H and O–H groups in total. The maximum Gasteiger partial charge on any atom is 0.321 e. The summed E-state index contributed by atoms with van der Waals surface area (Å²) in [6, 6.07) is 9.35. The van der Waals surface area contributed by atoms with E-state index in [9.17, 15) is 4.79 Å². The van der Waals surface area contributed by atoms with Crippen molar-refractivity contribution in [3.05, 3.63) is 47.0 Å². The van der Waals surface area contributed by atoms with Crippen LogP contribution in [0.2, 0.25) is 0 Å². The maximum atomic E-state index is 12.8. The molecule has 0 radical (unpaired) electrons. The number of anilines is 1. The van der Waals surface area contributed by atoms with Crippen molar-refractivity contribution in [2.75, 3.05) is 25.0 Å². The van der Waals surface area contributed by atoms with Crippen LogP contribution in [-0.4, -0.2) is 40.8 Å². The van der Waals surface area contributed by atoms with Crippen LogP contribution in [0.3, 0.4) is 0 Å². The third kappa shape index (κ3) is 4.99. The van der Waals surface area contributed by atoms with E-state index >= 15 is 0 Å². The van der Waals surface area contributed by atoms with Crippen molar-refractivity contribution in [1.29, 1.82) is 0 Å². The average Bonchev–Trinajstić information content (AvgIpc) is 3.47. The number of benzene rings is 1. The molecule has 3 aromatic rings. The first-order chi connectivity index (χ1) is 14.7. The van der Waals surface area contributed by atoms with Crippen LogP contribution in [0.15, 0.2) is 45.5 Å². The van der Waals surface area contributed by atoms with Crippen molar-refractivity contribution >= 4 is 23.1 Å². The lowest BCUT2D eigenvalue weighted by Crippen LogP contribution is -2.41. The van der Waals surface area contributed by atoms with Gasteiger partial charge >= 0.3 is 6.03 Å². The molecular weight excluding hydrogens is 400 g/mol. The smallest absolute Gasteiger partial charge is 0.321 e. The van der Waals surface area contributed by atoms with Gasteiger partial charge in [0.1, 0.15) is 5.75 Å². The molecule has 2 aromatic heterocycles. The molecule has 30 heavy (non-hydrogen) atoms. The second-order valence-electron chi connectivity index (χ2n) is 7.40. The number of unbranched alkanes of at least 4 members (excludes halogenated alkanes) is 1. The maximum absolute atomic E-state index is 12.8. The van der Waals surface area contributed by atoms with Gasteiger partial charge in [-0.2, -0.15) is 11.3 Å². The number of piperidine rings is 1. The molecule has 2 amide bonds. The van der Waals surface area contributed by atoms with Crippen molar-refractivity contribution in [3.63, 3.8) is 0 Å². The summed E-state index contributed by atoms with van der Waals surface area (Å²) in [5, 5.41) is 15.3. The molecule has 8 heteroatoms. The van der Waals surface area contributed by atoms with Gasteiger partial charge in [0.15, 0.2) is 0 Å². The molecule has 1 fully saturated rings. The van der Waals surface area contributed by atoms with Gasteiger partial charge in [-0.05, 0) is 55.0 Å². The number of carbonyl (C=O) groups is 1. The lowest BCUT2D eigenvalue weighted by Gasteiger charge is -2.31. The van der Waals surface area contributed by atoms with Gasteiger partial charge < -0.3 is 19.4 Å². The quantitative estimate of drug-likeness (QED) is 0.513. The van der Waals surface area contributed by atoms with Gasteiger partial charge in [-0.3, -0.25) is 0 Å². The summed E-state index contributed by atoms with van der Waals surface area (Å²) >= 11 is 1.59. The molecular formula is C22H26N4O3S. The zero-order valence-corrected chi connectivity index (χ0v) is 17.9. The van der Waals surface area contributed by atoms with Crippen LogP contribution >= 0.6 is 11.3 Å². The Morgan fingerprint density at radius 2 is 2.17 bits per heavy atom. The zero-order valence-electron chi connectivity index (χ0n) is 17.0. The molecule has 0 aliphatic carbocycles. The first-order valence-electron chi connectivity index (χ1n) is 10.4. The van der Waals surface area contributed by atoms with E-state index in [0.29, 0.717) is 31.5 Å². The summed E-state index contributed by atoms with van der Waals surface area (Å²) in [5.41, 5.74) is 1.69. The highest BCUT2D eigenvalue weighted by Gasteiger charge is 2.28. The second-order valence-corrected chi connectivity index (χ2v) is 8.18. The number of likely N-dealkylation sites (tertiary alicyclic amines) is 1. The van der Waals surface area contributed by atoms with E-state index in [4.69, 9.17) is 9.15 Å². The number of nitrogens with zero attached hydrogens (tertiary/aromatic N) is 3. The number of ether oxygens (including phenoxy) is 1. The molecule has 1 saturated heterocycles. The summed E-state index contributed by atoms with van der Waals surface area (Å²) in [6.45, 7) is 4.12. The van der Waals surface area contributed by atoms with E-state index in [2.05, 4.69) is 22.4 Å². The summed E-state index contributed by atoms with van der Waals surface area (Å²) in [6.07, 6.45) is 3.96. The Balaban J connectivity index is 1.33. The predicted octanol–water partition coefficient (Wildman–Crippen LogP) is 5.39. The Kier molecular flexibility index (Phi) is 6.63. The minimum Gasteiger partial charge on any atom is -0.494 e. The molecule has 3 heterocycles. The minimum absolute atomic E-state index is 0.0544. The third-order valence-electron chi connectivity index (χ3n) is 5.14. The molecule has 158 valence electrons. The van der Waals surface area contributed by atoms with Gasteiger partial charge in [0.25, 0.3) is 0 Å².